The molecule has 0 aliphatic heterocycles. The summed E-state index contributed by atoms with van der Waals surface area (Å²) >= 11 is 0. The quantitative estimate of drug-likeness (QED) is 0.629. The van der Waals surface area contributed by atoms with Gasteiger partial charge in [0.2, 0.25) is 10.0 Å². The Morgan fingerprint density at radius 2 is 1.55 bits per heavy atom. The molecule has 0 heterocycles. The largest absolute Gasteiger partial charge is 0.346 e. The molecule has 0 radical (unpaired) electrons. The van der Waals surface area contributed by atoms with E-state index in [2.05, 4.69) is 17.4 Å². The fraction of sp³-hybridized carbons (Fsp3) is 0.261. The molecule has 0 fully saturated rings. The summed E-state index contributed by atoms with van der Waals surface area (Å²) in [6, 6.07) is 20.1. The zero-order valence-corrected chi connectivity index (χ0v) is 17.7. The topological polar surface area (TPSA) is 66.5 Å². The minimum atomic E-state index is -3.53. The lowest BCUT2D eigenvalue weighted by Gasteiger charge is -2.19. The van der Waals surface area contributed by atoms with E-state index in [4.69, 9.17) is 0 Å². The summed E-state index contributed by atoms with van der Waals surface area (Å²) < 4.78 is 26.5. The standard InChI is InChI=1S/C23H26N2O3S/c1-4-25(5-2)29(27,28)22-14-12-19(13-15-22)23(26)24-17(3)20-11-10-18-8-6-7-9-21(18)16-20/h6-17H,4-5H2,1-3H3,(H,24,26). The summed E-state index contributed by atoms with van der Waals surface area (Å²) in [5, 5.41) is 5.26. The summed E-state index contributed by atoms with van der Waals surface area (Å²) in [5.41, 5.74) is 1.44. The van der Waals surface area contributed by atoms with Crippen LogP contribution in [-0.2, 0) is 10.0 Å². The molecule has 1 N–H and O–H groups in total. The van der Waals surface area contributed by atoms with Crippen molar-refractivity contribution >= 4 is 26.7 Å². The third-order valence-corrected chi connectivity index (χ3v) is 7.14. The van der Waals surface area contributed by atoms with E-state index in [9.17, 15) is 13.2 Å². The van der Waals surface area contributed by atoms with E-state index in [1.54, 1.807) is 26.0 Å². The van der Waals surface area contributed by atoms with Gasteiger partial charge in [-0.1, -0.05) is 50.2 Å². The molecule has 3 rings (SSSR count). The van der Waals surface area contributed by atoms with Gasteiger partial charge in [-0.05, 0) is 53.6 Å². The lowest BCUT2D eigenvalue weighted by Crippen LogP contribution is -2.30. The second kappa shape index (κ2) is 8.76. The molecule has 1 atom stereocenters. The van der Waals surface area contributed by atoms with Gasteiger partial charge in [0.05, 0.1) is 10.9 Å². The maximum atomic E-state index is 12.6. The molecule has 0 aromatic heterocycles. The molecule has 29 heavy (non-hydrogen) atoms. The number of hydrogen-bond acceptors (Lipinski definition) is 3. The predicted octanol–water partition coefficient (Wildman–Crippen LogP) is 4.36. The highest BCUT2D eigenvalue weighted by atomic mass is 32.2. The Kier molecular flexibility index (Phi) is 6.35. The van der Waals surface area contributed by atoms with Crippen LogP contribution < -0.4 is 5.32 Å². The van der Waals surface area contributed by atoms with Gasteiger partial charge in [-0.2, -0.15) is 4.31 Å². The Labute approximate surface area is 172 Å². The lowest BCUT2D eigenvalue weighted by molar-refractivity contribution is 0.0940. The average Bonchev–Trinajstić information content (AvgIpc) is 2.74. The van der Waals surface area contributed by atoms with Crippen molar-refractivity contribution < 1.29 is 13.2 Å². The highest BCUT2D eigenvalue weighted by Crippen LogP contribution is 2.21. The molecule has 0 saturated heterocycles. The van der Waals surface area contributed by atoms with Crippen LogP contribution in [0.25, 0.3) is 10.8 Å². The van der Waals surface area contributed by atoms with Crippen molar-refractivity contribution in [2.75, 3.05) is 13.1 Å². The first-order valence-electron chi connectivity index (χ1n) is 9.76. The molecule has 152 valence electrons. The van der Waals surface area contributed by atoms with Crippen LogP contribution in [0.4, 0.5) is 0 Å². The van der Waals surface area contributed by atoms with Crippen LogP contribution in [0.1, 0.15) is 42.7 Å². The number of hydrogen-bond donors (Lipinski definition) is 1. The summed E-state index contributed by atoms with van der Waals surface area (Å²) in [7, 11) is -3.53. The average molecular weight is 411 g/mol. The van der Waals surface area contributed by atoms with Crippen LogP contribution in [0, 0.1) is 0 Å². The van der Waals surface area contributed by atoms with Gasteiger partial charge in [0.15, 0.2) is 0 Å². The molecule has 0 aliphatic rings. The summed E-state index contributed by atoms with van der Waals surface area (Å²) in [6.45, 7) is 6.35. The number of sulfonamides is 1. The number of carbonyl (C=O) groups is 1. The van der Waals surface area contributed by atoms with E-state index in [-0.39, 0.29) is 16.8 Å². The summed E-state index contributed by atoms with van der Waals surface area (Å²) in [5.74, 6) is -0.238. The van der Waals surface area contributed by atoms with E-state index in [0.29, 0.717) is 18.7 Å². The fourth-order valence-corrected chi connectivity index (χ4v) is 4.79. The van der Waals surface area contributed by atoms with E-state index >= 15 is 0 Å². The molecule has 0 saturated carbocycles. The normalized spacial score (nSPS) is 12.8. The van der Waals surface area contributed by atoms with E-state index < -0.39 is 10.0 Å². The summed E-state index contributed by atoms with van der Waals surface area (Å²) in [4.78, 5) is 12.8. The molecule has 0 bridgehead atoms. The minimum absolute atomic E-state index is 0.175. The van der Waals surface area contributed by atoms with Crippen molar-refractivity contribution in [2.24, 2.45) is 0 Å². The van der Waals surface area contributed by atoms with E-state index in [1.807, 2.05) is 37.3 Å². The van der Waals surface area contributed by atoms with Crippen molar-refractivity contribution in [3.05, 3.63) is 77.9 Å². The highest BCUT2D eigenvalue weighted by Gasteiger charge is 2.22. The number of amides is 1. The number of rotatable bonds is 7. The number of nitrogens with one attached hydrogen (secondary N) is 1. The second-order valence-electron chi connectivity index (χ2n) is 6.92. The van der Waals surface area contributed by atoms with Crippen molar-refractivity contribution in [3.8, 4) is 0 Å². The van der Waals surface area contributed by atoms with Crippen molar-refractivity contribution in [1.82, 2.24) is 9.62 Å². The van der Waals surface area contributed by atoms with Crippen LogP contribution in [0.2, 0.25) is 0 Å². The fourth-order valence-electron chi connectivity index (χ4n) is 3.33. The van der Waals surface area contributed by atoms with Crippen LogP contribution in [0.5, 0.6) is 0 Å². The smallest absolute Gasteiger partial charge is 0.251 e. The first kappa shape index (κ1) is 21.0. The number of benzene rings is 3. The van der Waals surface area contributed by atoms with Gasteiger partial charge in [-0.25, -0.2) is 8.42 Å². The molecule has 0 spiro atoms. The van der Waals surface area contributed by atoms with Crippen molar-refractivity contribution in [1.29, 1.82) is 0 Å². The Morgan fingerprint density at radius 3 is 2.17 bits per heavy atom. The van der Waals surface area contributed by atoms with Gasteiger partial charge < -0.3 is 5.32 Å². The summed E-state index contributed by atoms with van der Waals surface area (Å²) in [6.07, 6.45) is 0. The van der Waals surface area contributed by atoms with E-state index in [0.717, 1.165) is 16.3 Å². The predicted molar refractivity (Wildman–Crippen MR) is 116 cm³/mol. The maximum Gasteiger partial charge on any atom is 0.251 e. The van der Waals surface area contributed by atoms with Crippen molar-refractivity contribution in [2.45, 2.75) is 31.7 Å². The zero-order chi connectivity index (χ0) is 21.0. The maximum absolute atomic E-state index is 12.6. The van der Waals surface area contributed by atoms with Gasteiger partial charge in [-0.15, -0.1) is 0 Å². The first-order valence-corrected chi connectivity index (χ1v) is 11.2. The van der Waals surface area contributed by atoms with E-state index in [1.165, 1.54) is 16.4 Å². The van der Waals surface area contributed by atoms with Crippen LogP contribution in [0.3, 0.4) is 0 Å². The Hall–Kier alpha value is -2.70. The zero-order valence-electron chi connectivity index (χ0n) is 16.9. The Balaban J connectivity index is 1.74. The number of nitrogens with zero attached hydrogens (tertiary/aromatic N) is 1. The van der Waals surface area contributed by atoms with Gasteiger partial charge in [-0.3, -0.25) is 4.79 Å². The molecule has 6 heteroatoms. The molecule has 5 nitrogen and oxygen atoms in total. The molecular formula is C23H26N2O3S. The SMILES string of the molecule is CCN(CC)S(=O)(=O)c1ccc(C(=O)NC(C)c2ccc3ccccc3c2)cc1. The van der Waals surface area contributed by atoms with Gasteiger partial charge in [0.1, 0.15) is 0 Å². The Bertz CT molecular complexity index is 1100. The number of carbonyl (C=O) groups excluding carboxylic acids is 1. The molecule has 3 aromatic carbocycles. The first-order chi connectivity index (χ1) is 13.9. The van der Waals surface area contributed by atoms with Crippen LogP contribution in [0.15, 0.2) is 71.6 Å². The highest BCUT2D eigenvalue weighted by molar-refractivity contribution is 7.89. The molecule has 3 aromatic rings. The van der Waals surface area contributed by atoms with Gasteiger partial charge >= 0.3 is 0 Å². The Morgan fingerprint density at radius 1 is 0.931 bits per heavy atom. The third-order valence-electron chi connectivity index (χ3n) is 5.08. The third kappa shape index (κ3) is 4.49. The molecular weight excluding hydrogens is 384 g/mol. The second-order valence-corrected chi connectivity index (χ2v) is 8.85. The van der Waals surface area contributed by atoms with Crippen molar-refractivity contribution in [3.63, 3.8) is 0 Å². The van der Waals surface area contributed by atoms with Gasteiger partial charge in [0.25, 0.3) is 5.91 Å². The molecule has 1 amide bonds. The monoisotopic (exact) mass is 410 g/mol. The molecule has 0 aliphatic carbocycles. The van der Waals surface area contributed by atoms with Crippen LogP contribution >= 0.6 is 0 Å². The molecule has 1 unspecified atom stereocenters. The lowest BCUT2D eigenvalue weighted by atomic mass is 10.0. The van der Waals surface area contributed by atoms with Crippen LogP contribution in [-0.4, -0.2) is 31.7 Å². The number of fused-ring (bicyclic) bond motifs is 1. The minimum Gasteiger partial charge on any atom is -0.346 e. The van der Waals surface area contributed by atoms with Gasteiger partial charge in [0, 0.05) is 18.7 Å².